The second kappa shape index (κ2) is 9.83. The highest BCUT2D eigenvalue weighted by molar-refractivity contribution is 5.97. The van der Waals surface area contributed by atoms with E-state index in [4.69, 9.17) is 14.2 Å². The molecule has 1 aliphatic heterocycles. The van der Waals surface area contributed by atoms with Crippen molar-refractivity contribution in [3.8, 4) is 0 Å². The Hall–Kier alpha value is -1.72. The monoisotopic (exact) mass is 362 g/mol. The topological polar surface area (TPSA) is 61.8 Å². The van der Waals surface area contributed by atoms with Crippen molar-refractivity contribution < 1.29 is 23.8 Å². The molecule has 1 aromatic carbocycles. The van der Waals surface area contributed by atoms with Crippen molar-refractivity contribution >= 4 is 11.8 Å². The van der Waals surface area contributed by atoms with Crippen LogP contribution in [0.2, 0.25) is 0 Å². The molecule has 0 saturated carbocycles. The summed E-state index contributed by atoms with van der Waals surface area (Å²) in [5, 5.41) is 0. The maximum Gasteiger partial charge on any atom is 0.316 e. The second-order valence-electron chi connectivity index (χ2n) is 7.12. The lowest BCUT2D eigenvalue weighted by molar-refractivity contribution is -0.250. The molecule has 5 nitrogen and oxygen atoms in total. The molecule has 1 saturated heterocycles. The van der Waals surface area contributed by atoms with Crippen molar-refractivity contribution in [2.45, 2.75) is 52.9 Å². The van der Waals surface area contributed by atoms with Gasteiger partial charge in [-0.3, -0.25) is 9.59 Å². The van der Waals surface area contributed by atoms with Gasteiger partial charge >= 0.3 is 5.97 Å². The molecule has 0 aliphatic carbocycles. The van der Waals surface area contributed by atoms with Crippen LogP contribution in [0.15, 0.2) is 30.3 Å². The van der Waals surface area contributed by atoms with Gasteiger partial charge in [-0.15, -0.1) is 0 Å². The molecule has 1 aromatic rings. The van der Waals surface area contributed by atoms with Crippen LogP contribution in [0.4, 0.5) is 0 Å². The number of esters is 1. The standard InChI is InChI=1S/C21H30O5/c1-5-24-20(23)18(16(4)22)12-11-14(2)19-15(3)13-25-21(26-19)17-9-7-6-8-10-17/h6-10,14-15,18-19,21H,5,11-13H2,1-4H3/t14-,15+,18?,19-,21+/m0/s1. The molecule has 1 heterocycles. The molecule has 5 heteroatoms. The third kappa shape index (κ3) is 5.39. The van der Waals surface area contributed by atoms with E-state index in [0.29, 0.717) is 13.0 Å². The first-order chi connectivity index (χ1) is 12.4. The maximum absolute atomic E-state index is 12.0. The molecule has 0 radical (unpaired) electrons. The molecule has 144 valence electrons. The summed E-state index contributed by atoms with van der Waals surface area (Å²) in [6.45, 7) is 8.33. The van der Waals surface area contributed by atoms with E-state index in [1.807, 2.05) is 30.3 Å². The van der Waals surface area contributed by atoms with E-state index in [2.05, 4.69) is 13.8 Å². The molecule has 0 bridgehead atoms. The molecule has 1 fully saturated rings. The highest BCUT2D eigenvalue weighted by atomic mass is 16.7. The number of hydrogen-bond acceptors (Lipinski definition) is 5. The van der Waals surface area contributed by atoms with Crippen molar-refractivity contribution in [1.29, 1.82) is 0 Å². The van der Waals surface area contributed by atoms with E-state index in [9.17, 15) is 9.59 Å². The van der Waals surface area contributed by atoms with E-state index >= 15 is 0 Å². The molecule has 0 N–H and O–H groups in total. The number of rotatable bonds is 8. The summed E-state index contributed by atoms with van der Waals surface area (Å²) in [7, 11) is 0. The van der Waals surface area contributed by atoms with Crippen LogP contribution in [0, 0.1) is 17.8 Å². The third-order valence-corrected chi connectivity index (χ3v) is 4.96. The molecular formula is C21H30O5. The van der Waals surface area contributed by atoms with Gasteiger partial charge < -0.3 is 14.2 Å². The Balaban J connectivity index is 1.97. The van der Waals surface area contributed by atoms with Gasteiger partial charge in [0.1, 0.15) is 11.7 Å². The third-order valence-electron chi connectivity index (χ3n) is 4.96. The van der Waals surface area contributed by atoms with Gasteiger partial charge in [0.25, 0.3) is 0 Å². The van der Waals surface area contributed by atoms with Crippen LogP contribution in [0.1, 0.15) is 52.4 Å². The minimum absolute atomic E-state index is 0.0174. The lowest BCUT2D eigenvalue weighted by Crippen LogP contribution is -2.39. The average Bonchev–Trinajstić information content (AvgIpc) is 2.62. The van der Waals surface area contributed by atoms with Crippen LogP contribution >= 0.6 is 0 Å². The quantitative estimate of drug-likeness (QED) is 0.518. The van der Waals surface area contributed by atoms with Crippen LogP contribution < -0.4 is 0 Å². The molecule has 0 spiro atoms. The minimum Gasteiger partial charge on any atom is -0.465 e. The minimum atomic E-state index is -0.683. The maximum atomic E-state index is 12.0. The molecular weight excluding hydrogens is 332 g/mol. The number of ketones is 1. The largest absolute Gasteiger partial charge is 0.465 e. The summed E-state index contributed by atoms with van der Waals surface area (Å²) in [6.07, 6.45) is 0.857. The Morgan fingerprint density at radius 2 is 1.92 bits per heavy atom. The molecule has 26 heavy (non-hydrogen) atoms. The molecule has 2 rings (SSSR count). The van der Waals surface area contributed by atoms with Gasteiger partial charge in [-0.05, 0) is 32.6 Å². The molecule has 5 atom stereocenters. The average molecular weight is 362 g/mol. The number of ether oxygens (including phenoxy) is 3. The van der Waals surface area contributed by atoms with Crippen LogP contribution in [-0.2, 0) is 23.8 Å². The van der Waals surface area contributed by atoms with Gasteiger partial charge in [0, 0.05) is 11.5 Å². The van der Waals surface area contributed by atoms with Gasteiger partial charge in [0.15, 0.2) is 6.29 Å². The first-order valence-electron chi connectivity index (χ1n) is 9.43. The van der Waals surface area contributed by atoms with Gasteiger partial charge in [-0.1, -0.05) is 44.2 Å². The van der Waals surface area contributed by atoms with E-state index in [-0.39, 0.29) is 36.6 Å². The summed E-state index contributed by atoms with van der Waals surface area (Å²) < 4.78 is 17.1. The number of Topliss-reactive ketones (excluding diaryl/α,β-unsaturated/α-hetero) is 1. The number of carbonyl (C=O) groups excluding carboxylic acids is 2. The highest BCUT2D eigenvalue weighted by Crippen LogP contribution is 2.34. The zero-order chi connectivity index (χ0) is 19.1. The van der Waals surface area contributed by atoms with Gasteiger partial charge in [0.05, 0.1) is 19.3 Å². The summed E-state index contributed by atoms with van der Waals surface area (Å²) in [6, 6.07) is 9.89. The zero-order valence-electron chi connectivity index (χ0n) is 16.1. The van der Waals surface area contributed by atoms with Crippen LogP contribution in [-0.4, -0.2) is 31.1 Å². The van der Waals surface area contributed by atoms with E-state index < -0.39 is 11.9 Å². The Morgan fingerprint density at radius 3 is 2.54 bits per heavy atom. The fourth-order valence-electron chi connectivity index (χ4n) is 3.45. The van der Waals surface area contributed by atoms with Gasteiger partial charge in [-0.2, -0.15) is 0 Å². The zero-order valence-corrected chi connectivity index (χ0v) is 16.1. The van der Waals surface area contributed by atoms with E-state index in [1.54, 1.807) is 6.92 Å². The SMILES string of the molecule is CCOC(=O)C(CC[C@H](C)[C@@H]1O[C@H](c2ccccc2)OC[C@H]1C)C(C)=O. The fourth-order valence-corrected chi connectivity index (χ4v) is 3.45. The lowest BCUT2D eigenvalue weighted by Gasteiger charge is -2.38. The Bertz CT molecular complexity index is 585. The van der Waals surface area contributed by atoms with Crippen molar-refractivity contribution in [2.75, 3.05) is 13.2 Å². The highest BCUT2D eigenvalue weighted by Gasteiger charge is 2.34. The van der Waals surface area contributed by atoms with Crippen molar-refractivity contribution in [2.24, 2.45) is 17.8 Å². The second-order valence-corrected chi connectivity index (χ2v) is 7.12. The van der Waals surface area contributed by atoms with Crippen molar-refractivity contribution in [3.63, 3.8) is 0 Å². The number of benzene rings is 1. The lowest BCUT2D eigenvalue weighted by atomic mass is 9.86. The molecule has 0 amide bonds. The predicted octanol–water partition coefficient (Wildman–Crippen LogP) is 3.92. The molecule has 0 aromatic heterocycles. The first-order valence-corrected chi connectivity index (χ1v) is 9.43. The fraction of sp³-hybridized carbons (Fsp3) is 0.619. The van der Waals surface area contributed by atoms with Gasteiger partial charge in [-0.25, -0.2) is 0 Å². The summed E-state index contributed by atoms with van der Waals surface area (Å²) in [4.78, 5) is 23.8. The van der Waals surface area contributed by atoms with Crippen LogP contribution in [0.3, 0.4) is 0 Å². The smallest absolute Gasteiger partial charge is 0.316 e. The Kier molecular flexibility index (Phi) is 7.79. The molecule has 1 unspecified atom stereocenters. The first kappa shape index (κ1) is 20.6. The van der Waals surface area contributed by atoms with E-state index in [1.165, 1.54) is 6.92 Å². The van der Waals surface area contributed by atoms with Gasteiger partial charge in [0.2, 0.25) is 0 Å². The van der Waals surface area contributed by atoms with E-state index in [0.717, 1.165) is 12.0 Å². The Morgan fingerprint density at radius 1 is 1.23 bits per heavy atom. The number of hydrogen-bond donors (Lipinski definition) is 0. The summed E-state index contributed by atoms with van der Waals surface area (Å²) in [5.41, 5.74) is 1.00. The molecule has 1 aliphatic rings. The normalized spacial score (nSPS) is 25.3. The Labute approximate surface area is 156 Å². The van der Waals surface area contributed by atoms with Crippen molar-refractivity contribution in [3.05, 3.63) is 35.9 Å². The number of carbonyl (C=O) groups is 2. The van der Waals surface area contributed by atoms with Crippen LogP contribution in [0.25, 0.3) is 0 Å². The van der Waals surface area contributed by atoms with Crippen LogP contribution in [0.5, 0.6) is 0 Å². The summed E-state index contributed by atoms with van der Waals surface area (Å²) >= 11 is 0. The summed E-state index contributed by atoms with van der Waals surface area (Å²) in [5.74, 6) is -0.786. The van der Waals surface area contributed by atoms with Crippen molar-refractivity contribution in [1.82, 2.24) is 0 Å². The predicted molar refractivity (Wildman–Crippen MR) is 98.4 cm³/mol.